The smallest absolute Gasteiger partial charge is 0.411 e. The Kier molecular flexibility index (Phi) is 7.33. The maximum Gasteiger partial charge on any atom is 0.411 e. The van der Waals surface area contributed by atoms with Gasteiger partial charge in [0.05, 0.1) is 13.2 Å². The van der Waals surface area contributed by atoms with Crippen LogP contribution in [0.5, 0.6) is 0 Å². The molecule has 0 radical (unpaired) electrons. The summed E-state index contributed by atoms with van der Waals surface area (Å²) in [6, 6.07) is 21.4. The van der Waals surface area contributed by atoms with E-state index in [-0.39, 0.29) is 31.1 Å². The molecule has 0 atom stereocenters. The van der Waals surface area contributed by atoms with Crippen LogP contribution in [-0.2, 0) is 16.1 Å². The number of likely N-dealkylation sites (tertiary alicyclic amines) is 1. The number of aliphatic carboxylic acids is 1. The number of rotatable bonds is 5. The lowest BCUT2D eigenvalue weighted by molar-refractivity contribution is -0.155. The van der Waals surface area contributed by atoms with Gasteiger partial charge in [0.2, 0.25) is 0 Å². The van der Waals surface area contributed by atoms with Crippen molar-refractivity contribution in [3.8, 4) is 11.1 Å². The first-order valence-electron chi connectivity index (χ1n) is 11.7. The fourth-order valence-electron chi connectivity index (χ4n) is 5.52. The van der Waals surface area contributed by atoms with Crippen LogP contribution in [0.25, 0.3) is 11.1 Å². The summed E-state index contributed by atoms with van der Waals surface area (Å²) in [6.07, 6.45) is -0.158. The average molecular weight is 511 g/mol. The molecule has 0 unspecified atom stereocenters. The second-order valence-electron chi connectivity index (χ2n) is 9.16. The topological polar surface area (TPSA) is 70.1 Å². The molecule has 0 aromatic heterocycles. The van der Waals surface area contributed by atoms with Crippen molar-refractivity contribution < 1.29 is 23.8 Å². The molecule has 1 amide bonds. The van der Waals surface area contributed by atoms with E-state index in [2.05, 4.69) is 4.90 Å². The molecule has 0 bridgehead atoms. The first kappa shape index (κ1) is 25.7. The SMILES string of the molecule is COC(=O)N(C1c2ccccc2-c2ccccc21)C1(C(=O)O)CCN(Cc2ccc(F)cc2)CC1.Cl. The molecule has 1 N–H and O–H groups in total. The number of carbonyl (C=O) groups excluding carboxylic acids is 1. The highest BCUT2D eigenvalue weighted by molar-refractivity contribution is 5.88. The number of amides is 1. The maximum absolute atomic E-state index is 13.3. The van der Waals surface area contributed by atoms with E-state index in [9.17, 15) is 19.1 Å². The fourth-order valence-corrected chi connectivity index (χ4v) is 5.52. The number of halogens is 2. The van der Waals surface area contributed by atoms with Crippen molar-refractivity contribution in [3.05, 3.63) is 95.3 Å². The molecular formula is C28H28ClFN2O4. The Morgan fingerprint density at radius 1 is 0.972 bits per heavy atom. The Balaban J connectivity index is 0.00000304. The summed E-state index contributed by atoms with van der Waals surface area (Å²) in [5.74, 6) is -1.32. The van der Waals surface area contributed by atoms with Crippen LogP contribution >= 0.6 is 12.4 Å². The molecule has 1 saturated heterocycles. The molecule has 8 heteroatoms. The zero-order chi connectivity index (χ0) is 24.6. The van der Waals surface area contributed by atoms with Gasteiger partial charge in [-0.2, -0.15) is 0 Å². The monoisotopic (exact) mass is 510 g/mol. The zero-order valence-corrected chi connectivity index (χ0v) is 20.7. The number of nitrogens with zero attached hydrogens (tertiary/aromatic N) is 2. The van der Waals surface area contributed by atoms with E-state index in [1.54, 1.807) is 12.1 Å². The number of methoxy groups -OCH3 is 1. The standard InChI is InChI=1S/C28H27FN2O4.ClH/c1-35-27(34)31(25-23-8-4-2-6-21(23)22-7-3-5-9-24(22)25)28(26(32)33)14-16-30(17-15-28)18-19-10-12-20(29)13-11-19;/h2-13,25H,14-18H2,1H3,(H,32,33);1H. The molecule has 6 nitrogen and oxygen atoms in total. The number of fused-ring (bicyclic) bond motifs is 3. The van der Waals surface area contributed by atoms with Crippen LogP contribution in [-0.4, -0.2) is 52.7 Å². The lowest BCUT2D eigenvalue weighted by Crippen LogP contribution is -2.62. The van der Waals surface area contributed by atoms with Gasteiger partial charge >= 0.3 is 12.1 Å². The van der Waals surface area contributed by atoms with E-state index in [4.69, 9.17) is 4.74 Å². The van der Waals surface area contributed by atoms with Crippen molar-refractivity contribution in [1.29, 1.82) is 0 Å². The van der Waals surface area contributed by atoms with Crippen molar-refractivity contribution in [3.63, 3.8) is 0 Å². The molecule has 36 heavy (non-hydrogen) atoms. The van der Waals surface area contributed by atoms with Gasteiger partial charge in [0.1, 0.15) is 11.4 Å². The Morgan fingerprint density at radius 3 is 2.00 bits per heavy atom. The largest absolute Gasteiger partial charge is 0.479 e. The van der Waals surface area contributed by atoms with E-state index < -0.39 is 23.6 Å². The van der Waals surface area contributed by atoms with Crippen LogP contribution in [0.15, 0.2) is 72.8 Å². The minimum atomic E-state index is -1.43. The quantitative estimate of drug-likeness (QED) is 0.490. The Morgan fingerprint density at radius 2 is 1.50 bits per heavy atom. The van der Waals surface area contributed by atoms with Gasteiger partial charge in [-0.25, -0.2) is 14.0 Å². The molecule has 3 aromatic rings. The first-order chi connectivity index (χ1) is 16.9. The van der Waals surface area contributed by atoms with Crippen molar-refractivity contribution >= 4 is 24.5 Å². The number of carboxylic acid groups (broad SMARTS) is 1. The Hall–Kier alpha value is -3.42. The van der Waals surface area contributed by atoms with Gasteiger partial charge < -0.3 is 9.84 Å². The highest BCUT2D eigenvalue weighted by Gasteiger charge is 2.54. The molecule has 5 rings (SSSR count). The van der Waals surface area contributed by atoms with Crippen LogP contribution in [0, 0.1) is 5.82 Å². The van der Waals surface area contributed by atoms with Gasteiger partial charge in [0.15, 0.2) is 0 Å². The average Bonchev–Trinajstić information content (AvgIpc) is 3.20. The van der Waals surface area contributed by atoms with Gasteiger partial charge in [-0.3, -0.25) is 9.80 Å². The number of benzene rings is 3. The summed E-state index contributed by atoms with van der Waals surface area (Å²) in [7, 11) is 1.29. The van der Waals surface area contributed by atoms with Gasteiger partial charge in [-0.1, -0.05) is 60.7 Å². The summed E-state index contributed by atoms with van der Waals surface area (Å²) >= 11 is 0. The lowest BCUT2D eigenvalue weighted by Gasteiger charge is -2.47. The molecule has 1 fully saturated rings. The third kappa shape index (κ3) is 4.33. The van der Waals surface area contributed by atoms with Crippen molar-refractivity contribution in [2.75, 3.05) is 20.2 Å². The Bertz CT molecular complexity index is 1210. The van der Waals surface area contributed by atoms with Crippen molar-refractivity contribution in [1.82, 2.24) is 9.80 Å². The van der Waals surface area contributed by atoms with Crippen LogP contribution in [0.1, 0.15) is 35.6 Å². The number of hydrogen-bond donors (Lipinski definition) is 1. The van der Waals surface area contributed by atoms with E-state index in [0.717, 1.165) is 27.8 Å². The summed E-state index contributed by atoms with van der Waals surface area (Å²) in [4.78, 5) is 29.8. The molecule has 0 spiro atoms. The summed E-state index contributed by atoms with van der Waals surface area (Å²) in [5, 5.41) is 10.6. The van der Waals surface area contributed by atoms with E-state index in [1.165, 1.54) is 24.1 Å². The Labute approximate surface area is 215 Å². The minimum Gasteiger partial charge on any atom is -0.479 e. The number of hydrogen-bond acceptors (Lipinski definition) is 4. The fraction of sp³-hybridized carbons (Fsp3) is 0.286. The van der Waals surface area contributed by atoms with Crippen molar-refractivity contribution in [2.24, 2.45) is 0 Å². The first-order valence-corrected chi connectivity index (χ1v) is 11.7. The maximum atomic E-state index is 13.3. The lowest BCUT2D eigenvalue weighted by atomic mass is 9.83. The van der Waals surface area contributed by atoms with Crippen LogP contribution < -0.4 is 0 Å². The zero-order valence-electron chi connectivity index (χ0n) is 19.9. The molecule has 188 valence electrons. The molecule has 3 aromatic carbocycles. The highest BCUT2D eigenvalue weighted by Crippen LogP contribution is 2.50. The van der Waals surface area contributed by atoms with E-state index in [0.29, 0.717) is 19.6 Å². The van der Waals surface area contributed by atoms with E-state index >= 15 is 0 Å². The summed E-state index contributed by atoms with van der Waals surface area (Å²) in [6.45, 7) is 1.55. The highest BCUT2D eigenvalue weighted by atomic mass is 35.5. The molecular weight excluding hydrogens is 483 g/mol. The number of ether oxygens (including phenoxy) is 1. The molecule has 0 saturated carbocycles. The van der Waals surface area contributed by atoms with Crippen molar-refractivity contribution in [2.45, 2.75) is 31.0 Å². The van der Waals surface area contributed by atoms with Crippen LogP contribution in [0.2, 0.25) is 0 Å². The van der Waals surface area contributed by atoms with E-state index in [1.807, 2.05) is 48.5 Å². The molecule has 2 aliphatic rings. The van der Waals surface area contributed by atoms with Gasteiger partial charge in [-0.05, 0) is 52.8 Å². The van der Waals surface area contributed by atoms with Crippen LogP contribution in [0.4, 0.5) is 9.18 Å². The molecule has 1 aliphatic carbocycles. The number of carboxylic acids is 1. The number of carbonyl (C=O) groups is 2. The predicted molar refractivity (Wildman–Crippen MR) is 136 cm³/mol. The third-order valence-electron chi connectivity index (χ3n) is 7.29. The van der Waals surface area contributed by atoms with Gasteiger partial charge in [0, 0.05) is 19.6 Å². The predicted octanol–water partition coefficient (Wildman–Crippen LogP) is 5.51. The second-order valence-corrected chi connectivity index (χ2v) is 9.16. The van der Waals surface area contributed by atoms with Gasteiger partial charge in [0.25, 0.3) is 0 Å². The second kappa shape index (κ2) is 10.3. The molecule has 1 heterocycles. The molecule has 1 aliphatic heterocycles. The van der Waals surface area contributed by atoms with Crippen LogP contribution in [0.3, 0.4) is 0 Å². The summed E-state index contributed by atoms with van der Waals surface area (Å²) in [5.41, 5.74) is 3.31. The van der Waals surface area contributed by atoms with Gasteiger partial charge in [-0.15, -0.1) is 12.4 Å². The normalized spacial score (nSPS) is 16.4. The third-order valence-corrected chi connectivity index (χ3v) is 7.29. The minimum absolute atomic E-state index is 0. The number of piperidine rings is 1. The summed E-state index contributed by atoms with van der Waals surface area (Å²) < 4.78 is 18.5.